The molecule has 0 aliphatic heterocycles. The minimum absolute atomic E-state index is 0.170. The van der Waals surface area contributed by atoms with Gasteiger partial charge in [-0.15, -0.1) is 0 Å². The third-order valence-electron chi connectivity index (χ3n) is 4.16. The number of rotatable bonds is 3. The minimum Gasteiger partial charge on any atom is -0.171 e. The molecule has 1 aliphatic rings. The molecule has 2 rings (SSSR count). The lowest BCUT2D eigenvalue weighted by Crippen LogP contribution is -2.30. The van der Waals surface area contributed by atoms with Crippen LogP contribution < -0.4 is 0 Å². The van der Waals surface area contributed by atoms with Gasteiger partial charge in [0.05, 0.1) is 16.0 Å². The maximum Gasteiger partial charge on any atom is 0.391 e. The van der Waals surface area contributed by atoms with E-state index in [1.807, 2.05) is 12.1 Å². The fraction of sp³-hybridized carbons (Fsp3) is 0.600. The first-order valence-electron chi connectivity index (χ1n) is 6.92. The second-order valence-electron chi connectivity index (χ2n) is 5.62. The van der Waals surface area contributed by atoms with Crippen molar-refractivity contribution in [1.82, 2.24) is 0 Å². The molecule has 1 aromatic carbocycles. The van der Waals surface area contributed by atoms with Crippen molar-refractivity contribution >= 4 is 39.1 Å². The molecule has 0 spiro atoms. The quantitative estimate of drug-likeness (QED) is 0.494. The molecule has 1 unspecified atom stereocenters. The smallest absolute Gasteiger partial charge is 0.171 e. The van der Waals surface area contributed by atoms with Gasteiger partial charge in [-0.05, 0) is 55.7 Å². The zero-order valence-corrected chi connectivity index (χ0v) is 14.4. The molecule has 0 amide bonds. The Morgan fingerprint density at radius 3 is 2.24 bits per heavy atom. The molecular weight excluding hydrogens is 388 g/mol. The van der Waals surface area contributed by atoms with Crippen molar-refractivity contribution in [3.05, 3.63) is 33.8 Å². The highest BCUT2D eigenvalue weighted by Gasteiger charge is 2.42. The molecule has 1 aromatic rings. The summed E-state index contributed by atoms with van der Waals surface area (Å²) in [4.78, 5) is 0.170. The van der Waals surface area contributed by atoms with Gasteiger partial charge in [0.25, 0.3) is 0 Å². The Bertz CT molecular complexity index is 482. The average Bonchev–Trinajstić information content (AvgIpc) is 2.42. The zero-order valence-electron chi connectivity index (χ0n) is 11.3. The number of hydrogen-bond acceptors (Lipinski definition) is 0. The highest BCUT2D eigenvalue weighted by Crippen LogP contribution is 2.42. The van der Waals surface area contributed by atoms with E-state index in [0.29, 0.717) is 22.9 Å². The van der Waals surface area contributed by atoms with E-state index in [4.69, 9.17) is 23.2 Å². The van der Waals surface area contributed by atoms with Gasteiger partial charge in [-0.1, -0.05) is 45.2 Å². The van der Waals surface area contributed by atoms with E-state index in [1.54, 1.807) is 6.07 Å². The second-order valence-corrected chi connectivity index (χ2v) is 7.61. The van der Waals surface area contributed by atoms with Crippen LogP contribution in [-0.2, 0) is 6.42 Å². The molecule has 0 bridgehead atoms. The van der Waals surface area contributed by atoms with Crippen molar-refractivity contribution < 1.29 is 13.2 Å². The Kier molecular flexibility index (Phi) is 5.89. The van der Waals surface area contributed by atoms with Crippen LogP contribution in [0.1, 0.15) is 31.2 Å². The molecule has 0 radical (unpaired) electrons. The van der Waals surface area contributed by atoms with Crippen LogP contribution in [0.5, 0.6) is 0 Å². The Morgan fingerprint density at radius 1 is 1.10 bits per heavy atom. The van der Waals surface area contributed by atoms with Crippen molar-refractivity contribution in [3.63, 3.8) is 0 Å². The summed E-state index contributed by atoms with van der Waals surface area (Å²) in [7, 11) is 0. The van der Waals surface area contributed by atoms with Crippen LogP contribution in [0.2, 0.25) is 10.0 Å². The second kappa shape index (κ2) is 7.10. The maximum absolute atomic E-state index is 12.7. The van der Waals surface area contributed by atoms with Crippen LogP contribution >= 0.6 is 39.1 Å². The lowest BCUT2D eigenvalue weighted by atomic mass is 9.79. The number of benzene rings is 1. The molecule has 0 saturated heterocycles. The molecule has 21 heavy (non-hydrogen) atoms. The molecule has 0 aromatic heterocycles. The molecule has 0 heterocycles. The predicted octanol–water partition coefficient (Wildman–Crippen LogP) is 6.67. The summed E-state index contributed by atoms with van der Waals surface area (Å²) in [5.41, 5.74) is 1.05. The monoisotopic (exact) mass is 402 g/mol. The predicted molar refractivity (Wildman–Crippen MR) is 84.4 cm³/mol. The summed E-state index contributed by atoms with van der Waals surface area (Å²) in [5, 5.41) is 1.02. The topological polar surface area (TPSA) is 0 Å². The van der Waals surface area contributed by atoms with Gasteiger partial charge in [-0.2, -0.15) is 13.2 Å². The van der Waals surface area contributed by atoms with Gasteiger partial charge in [-0.25, -0.2) is 0 Å². The molecule has 1 aliphatic carbocycles. The van der Waals surface area contributed by atoms with E-state index in [1.165, 1.54) is 0 Å². The molecule has 1 fully saturated rings. The van der Waals surface area contributed by atoms with Gasteiger partial charge >= 0.3 is 6.18 Å². The first-order valence-corrected chi connectivity index (χ1v) is 8.59. The first-order chi connectivity index (χ1) is 9.77. The summed E-state index contributed by atoms with van der Waals surface area (Å²) < 4.78 is 38.0. The SMILES string of the molecule is FC(F)(F)C1CCC(C(Br)Cc2ccc(Cl)c(Cl)c2)CC1. The zero-order chi connectivity index (χ0) is 15.6. The summed E-state index contributed by atoms with van der Waals surface area (Å²) >= 11 is 15.5. The van der Waals surface area contributed by atoms with E-state index in [9.17, 15) is 13.2 Å². The average molecular weight is 404 g/mol. The summed E-state index contributed by atoms with van der Waals surface area (Å²) in [6.45, 7) is 0. The fourth-order valence-corrected chi connectivity index (χ4v) is 4.09. The van der Waals surface area contributed by atoms with Crippen molar-refractivity contribution in [3.8, 4) is 0 Å². The van der Waals surface area contributed by atoms with Crippen LogP contribution in [0.25, 0.3) is 0 Å². The summed E-state index contributed by atoms with van der Waals surface area (Å²) in [6.07, 6.45) is -1.60. The van der Waals surface area contributed by atoms with Crippen LogP contribution in [0.4, 0.5) is 13.2 Å². The van der Waals surface area contributed by atoms with Gasteiger partial charge in [0.2, 0.25) is 0 Å². The first kappa shape index (κ1) is 17.4. The Labute approximate surface area is 141 Å². The lowest BCUT2D eigenvalue weighted by Gasteiger charge is -2.32. The van der Waals surface area contributed by atoms with Gasteiger partial charge in [0.1, 0.15) is 0 Å². The fourth-order valence-electron chi connectivity index (χ4n) is 2.87. The van der Waals surface area contributed by atoms with Gasteiger partial charge in [-0.3, -0.25) is 0 Å². The van der Waals surface area contributed by atoms with Crippen LogP contribution in [0.3, 0.4) is 0 Å². The van der Waals surface area contributed by atoms with E-state index < -0.39 is 12.1 Å². The number of hydrogen-bond donors (Lipinski definition) is 0. The summed E-state index contributed by atoms with van der Waals surface area (Å²) in [6, 6.07) is 5.48. The Balaban J connectivity index is 1.90. The Morgan fingerprint density at radius 2 is 1.71 bits per heavy atom. The van der Waals surface area contributed by atoms with Crippen LogP contribution in [0.15, 0.2) is 18.2 Å². The molecule has 1 saturated carbocycles. The largest absolute Gasteiger partial charge is 0.391 e. The molecule has 6 heteroatoms. The molecule has 0 N–H and O–H groups in total. The molecule has 118 valence electrons. The van der Waals surface area contributed by atoms with Gasteiger partial charge < -0.3 is 0 Å². The summed E-state index contributed by atoms with van der Waals surface area (Å²) in [5.74, 6) is -0.850. The van der Waals surface area contributed by atoms with Crippen LogP contribution in [-0.4, -0.2) is 11.0 Å². The van der Waals surface area contributed by atoms with Crippen molar-refractivity contribution in [1.29, 1.82) is 0 Å². The van der Waals surface area contributed by atoms with Crippen molar-refractivity contribution in [2.24, 2.45) is 11.8 Å². The van der Waals surface area contributed by atoms with Gasteiger partial charge in [0, 0.05) is 4.83 Å². The van der Waals surface area contributed by atoms with E-state index in [-0.39, 0.29) is 23.6 Å². The normalized spacial score (nSPS) is 24.9. The Hall–Kier alpha value is 0.0700. The number of alkyl halides is 4. The van der Waals surface area contributed by atoms with E-state index in [2.05, 4.69) is 15.9 Å². The van der Waals surface area contributed by atoms with E-state index in [0.717, 1.165) is 12.0 Å². The highest BCUT2D eigenvalue weighted by molar-refractivity contribution is 9.09. The lowest BCUT2D eigenvalue weighted by molar-refractivity contribution is -0.183. The molecule has 0 nitrogen and oxygen atoms in total. The van der Waals surface area contributed by atoms with Gasteiger partial charge in [0.15, 0.2) is 0 Å². The maximum atomic E-state index is 12.7. The van der Waals surface area contributed by atoms with E-state index >= 15 is 0 Å². The van der Waals surface area contributed by atoms with Crippen LogP contribution in [0, 0.1) is 11.8 Å². The van der Waals surface area contributed by atoms with Crippen molar-refractivity contribution in [2.75, 3.05) is 0 Å². The number of halogens is 6. The molecular formula is C15H16BrCl2F3. The minimum atomic E-state index is -4.05. The third kappa shape index (κ3) is 4.77. The highest BCUT2D eigenvalue weighted by atomic mass is 79.9. The third-order valence-corrected chi connectivity index (χ3v) is 5.97. The molecule has 1 atom stereocenters. The standard InChI is InChI=1S/C15H16BrCl2F3/c16-12(7-9-1-6-13(17)14(18)8-9)10-2-4-11(5-3-10)15(19,20)21/h1,6,8,10-12H,2-5,7H2. The van der Waals surface area contributed by atoms with Crippen molar-refractivity contribution in [2.45, 2.75) is 43.1 Å².